The number of nitrogens with zero attached hydrogens (tertiary/aromatic N) is 1. The number of hydrogen-bond acceptors (Lipinski definition) is 3. The van der Waals surface area contributed by atoms with Crippen molar-refractivity contribution in [3.63, 3.8) is 0 Å². The Kier molecular flexibility index (Phi) is 6.18. The molecular formula is C15H22N2O3. The van der Waals surface area contributed by atoms with Gasteiger partial charge in [-0.2, -0.15) is 0 Å². The van der Waals surface area contributed by atoms with E-state index in [0.29, 0.717) is 0 Å². The summed E-state index contributed by atoms with van der Waals surface area (Å²) in [6.07, 6.45) is 0.743. The van der Waals surface area contributed by atoms with Crippen molar-refractivity contribution in [1.82, 2.24) is 5.32 Å². The molecule has 0 spiro atoms. The highest BCUT2D eigenvalue weighted by Gasteiger charge is 2.24. The second-order valence-electron chi connectivity index (χ2n) is 4.87. The summed E-state index contributed by atoms with van der Waals surface area (Å²) in [7, 11) is 1.68. The van der Waals surface area contributed by atoms with Crippen LogP contribution in [0.4, 0.5) is 5.69 Å². The average Bonchev–Trinajstić information content (AvgIpc) is 2.46. The number of carboxylic acid groups (broad SMARTS) is 1. The molecule has 0 aliphatic heterocycles. The number of carboxylic acids is 1. The minimum absolute atomic E-state index is 0.00665. The van der Waals surface area contributed by atoms with E-state index in [1.807, 2.05) is 44.2 Å². The van der Waals surface area contributed by atoms with Gasteiger partial charge >= 0.3 is 5.97 Å². The fourth-order valence-corrected chi connectivity index (χ4v) is 1.88. The number of carbonyl (C=O) groups is 2. The highest BCUT2D eigenvalue weighted by molar-refractivity contribution is 5.94. The Hall–Kier alpha value is -1.88. The zero-order valence-corrected chi connectivity index (χ0v) is 12.2. The molecule has 0 aliphatic carbocycles. The molecule has 20 heavy (non-hydrogen) atoms. The van der Waals surface area contributed by atoms with Crippen LogP contribution in [0.25, 0.3) is 0 Å². The molecule has 0 aromatic heterocycles. The Morgan fingerprint density at radius 1 is 1.30 bits per heavy atom. The van der Waals surface area contributed by atoms with E-state index in [1.165, 1.54) is 4.90 Å². The second-order valence-corrected chi connectivity index (χ2v) is 4.87. The van der Waals surface area contributed by atoms with E-state index >= 15 is 0 Å². The molecule has 1 rings (SSSR count). The van der Waals surface area contributed by atoms with Crippen LogP contribution < -0.4 is 10.2 Å². The lowest BCUT2D eigenvalue weighted by Crippen LogP contribution is -2.46. The fourth-order valence-electron chi connectivity index (χ4n) is 1.88. The molecule has 0 saturated heterocycles. The molecule has 0 bridgehead atoms. The summed E-state index contributed by atoms with van der Waals surface area (Å²) in [5, 5.41) is 12.0. The summed E-state index contributed by atoms with van der Waals surface area (Å²) in [5.74, 6) is -1.11. The number of rotatable bonds is 7. The van der Waals surface area contributed by atoms with Crippen LogP contribution in [0.1, 0.15) is 20.3 Å². The van der Waals surface area contributed by atoms with E-state index in [-0.39, 0.29) is 18.4 Å². The van der Waals surface area contributed by atoms with Crippen LogP contribution in [-0.4, -0.2) is 36.6 Å². The molecule has 0 fully saturated rings. The van der Waals surface area contributed by atoms with Crippen molar-refractivity contribution in [2.75, 3.05) is 18.5 Å². The average molecular weight is 278 g/mol. The number of para-hydroxylation sites is 1. The van der Waals surface area contributed by atoms with Crippen LogP contribution in [0.5, 0.6) is 0 Å². The maximum Gasteiger partial charge on any atom is 0.320 e. The first-order valence-corrected chi connectivity index (χ1v) is 6.75. The summed E-state index contributed by atoms with van der Waals surface area (Å²) in [4.78, 5) is 24.7. The number of benzene rings is 1. The molecule has 0 radical (unpaired) electrons. The lowest BCUT2D eigenvalue weighted by Gasteiger charge is -2.22. The topological polar surface area (TPSA) is 69.6 Å². The van der Waals surface area contributed by atoms with Gasteiger partial charge in [0.05, 0.1) is 6.54 Å². The third-order valence-electron chi connectivity index (χ3n) is 3.47. The smallest absolute Gasteiger partial charge is 0.320 e. The standard InChI is InChI=1S/C15H22N2O3/c1-4-11(2)14(15(19)20)16-10-13(18)17(3)12-8-6-5-7-9-12/h5-9,11,14,16H,4,10H2,1-3H3,(H,19,20)/t11-,14-/m0/s1. The zero-order chi connectivity index (χ0) is 15.1. The molecular weight excluding hydrogens is 256 g/mol. The van der Waals surface area contributed by atoms with Gasteiger partial charge in [-0.1, -0.05) is 38.5 Å². The number of anilines is 1. The highest BCUT2D eigenvalue weighted by atomic mass is 16.4. The molecule has 110 valence electrons. The summed E-state index contributed by atoms with van der Waals surface area (Å²) in [6, 6.07) is 8.55. The van der Waals surface area contributed by atoms with Crippen molar-refractivity contribution in [2.24, 2.45) is 5.92 Å². The van der Waals surface area contributed by atoms with Gasteiger partial charge < -0.3 is 10.0 Å². The fraction of sp³-hybridized carbons (Fsp3) is 0.467. The predicted octanol–water partition coefficient (Wildman–Crippen LogP) is 1.74. The van der Waals surface area contributed by atoms with E-state index < -0.39 is 12.0 Å². The minimum atomic E-state index is -0.922. The first-order chi connectivity index (χ1) is 9.47. The lowest BCUT2D eigenvalue weighted by atomic mass is 9.99. The van der Waals surface area contributed by atoms with Crippen molar-refractivity contribution < 1.29 is 14.7 Å². The van der Waals surface area contributed by atoms with Gasteiger partial charge in [0.15, 0.2) is 0 Å². The minimum Gasteiger partial charge on any atom is -0.480 e. The van der Waals surface area contributed by atoms with Gasteiger partial charge in [0.2, 0.25) is 5.91 Å². The van der Waals surface area contributed by atoms with Crippen LogP contribution in [0.3, 0.4) is 0 Å². The van der Waals surface area contributed by atoms with E-state index in [9.17, 15) is 9.59 Å². The van der Waals surface area contributed by atoms with Crippen molar-refractivity contribution in [2.45, 2.75) is 26.3 Å². The molecule has 0 unspecified atom stereocenters. The second kappa shape index (κ2) is 7.65. The van der Waals surface area contributed by atoms with Crippen LogP contribution in [0.2, 0.25) is 0 Å². The Balaban J connectivity index is 2.60. The van der Waals surface area contributed by atoms with Crippen LogP contribution >= 0.6 is 0 Å². The largest absolute Gasteiger partial charge is 0.480 e. The molecule has 5 heteroatoms. The van der Waals surface area contributed by atoms with Gasteiger partial charge in [-0.05, 0) is 18.1 Å². The van der Waals surface area contributed by atoms with Gasteiger partial charge in [0.1, 0.15) is 6.04 Å². The third kappa shape index (κ3) is 4.35. The normalized spacial score (nSPS) is 13.6. The first-order valence-electron chi connectivity index (χ1n) is 6.75. The SMILES string of the molecule is CC[C@H](C)[C@H](NCC(=O)N(C)c1ccccc1)C(=O)O. The Morgan fingerprint density at radius 3 is 2.40 bits per heavy atom. The monoisotopic (exact) mass is 278 g/mol. The number of carbonyl (C=O) groups excluding carboxylic acids is 1. The number of hydrogen-bond donors (Lipinski definition) is 2. The molecule has 1 aromatic carbocycles. The van der Waals surface area contributed by atoms with Gasteiger partial charge in [-0.15, -0.1) is 0 Å². The molecule has 0 saturated carbocycles. The Bertz CT molecular complexity index is 448. The quantitative estimate of drug-likeness (QED) is 0.797. The summed E-state index contributed by atoms with van der Waals surface area (Å²) >= 11 is 0. The number of amides is 1. The molecule has 5 nitrogen and oxygen atoms in total. The van der Waals surface area contributed by atoms with Gasteiger partial charge in [0, 0.05) is 12.7 Å². The van der Waals surface area contributed by atoms with E-state index in [1.54, 1.807) is 7.05 Å². The van der Waals surface area contributed by atoms with E-state index in [4.69, 9.17) is 5.11 Å². The molecule has 1 amide bonds. The Labute approximate surface area is 119 Å². The van der Waals surface area contributed by atoms with E-state index in [0.717, 1.165) is 12.1 Å². The lowest BCUT2D eigenvalue weighted by molar-refractivity contribution is -0.140. The van der Waals surface area contributed by atoms with Gasteiger partial charge in [-0.25, -0.2) is 0 Å². The van der Waals surface area contributed by atoms with Gasteiger partial charge in [-0.3, -0.25) is 14.9 Å². The van der Waals surface area contributed by atoms with Crippen LogP contribution in [-0.2, 0) is 9.59 Å². The molecule has 0 heterocycles. The molecule has 0 aliphatic rings. The first kappa shape index (κ1) is 16.2. The number of likely N-dealkylation sites (N-methyl/N-ethyl adjacent to an activating group) is 1. The third-order valence-corrected chi connectivity index (χ3v) is 3.47. The molecule has 2 atom stereocenters. The van der Waals surface area contributed by atoms with Gasteiger partial charge in [0.25, 0.3) is 0 Å². The highest BCUT2D eigenvalue weighted by Crippen LogP contribution is 2.11. The number of nitrogens with one attached hydrogen (secondary N) is 1. The van der Waals surface area contributed by atoms with Crippen LogP contribution in [0.15, 0.2) is 30.3 Å². The van der Waals surface area contributed by atoms with Crippen molar-refractivity contribution in [1.29, 1.82) is 0 Å². The van der Waals surface area contributed by atoms with Crippen molar-refractivity contribution >= 4 is 17.6 Å². The molecule has 2 N–H and O–H groups in total. The summed E-state index contributed by atoms with van der Waals surface area (Å²) < 4.78 is 0. The van der Waals surface area contributed by atoms with Crippen molar-refractivity contribution in [3.05, 3.63) is 30.3 Å². The maximum absolute atomic E-state index is 12.1. The number of aliphatic carboxylic acids is 1. The Morgan fingerprint density at radius 2 is 1.90 bits per heavy atom. The zero-order valence-electron chi connectivity index (χ0n) is 12.2. The molecule has 1 aromatic rings. The summed E-state index contributed by atoms with van der Waals surface area (Å²) in [5.41, 5.74) is 0.787. The van der Waals surface area contributed by atoms with E-state index in [2.05, 4.69) is 5.32 Å². The van der Waals surface area contributed by atoms with Crippen LogP contribution in [0, 0.1) is 5.92 Å². The van der Waals surface area contributed by atoms with Crippen molar-refractivity contribution in [3.8, 4) is 0 Å². The predicted molar refractivity (Wildman–Crippen MR) is 78.7 cm³/mol. The summed E-state index contributed by atoms with van der Waals surface area (Å²) in [6.45, 7) is 3.80. The maximum atomic E-state index is 12.1.